The number of anilines is 3. The maximum atomic E-state index is 11.8. The van der Waals surface area contributed by atoms with Crippen LogP contribution in [-0.2, 0) is 56.2 Å². The Labute approximate surface area is 693 Å². The topological polar surface area (TPSA) is 462 Å². The van der Waals surface area contributed by atoms with Gasteiger partial charge in [-0.05, 0) is 131 Å². The second kappa shape index (κ2) is 60.5. The quantitative estimate of drug-likeness (QED) is 0.0168. The molecule has 2 saturated heterocycles. The summed E-state index contributed by atoms with van der Waals surface area (Å²) in [6.45, 7) is 42.6. The second-order valence-corrected chi connectivity index (χ2v) is 32.4. The Bertz CT molecular complexity index is 3540. The number of carbonyl (C=O) groups excluding carboxylic acids is 9. The van der Waals surface area contributed by atoms with Crippen LogP contribution in [0.1, 0.15) is 257 Å². The Kier molecular flexibility index (Phi) is 54.4. The number of oxazole rings is 2. The van der Waals surface area contributed by atoms with Gasteiger partial charge in [0.1, 0.15) is 42.5 Å². The maximum Gasteiger partial charge on any atom is 0.371 e. The molecule has 1 aliphatic carbocycles. The minimum absolute atomic E-state index is 0.0218. The molecule has 0 radical (unpaired) electrons. The van der Waals surface area contributed by atoms with Crippen LogP contribution >= 0.6 is 0 Å². The maximum absolute atomic E-state index is 11.8. The van der Waals surface area contributed by atoms with Crippen LogP contribution in [0.2, 0.25) is 0 Å². The number of primary amides is 1. The van der Waals surface area contributed by atoms with E-state index in [9.17, 15) is 58.5 Å². The number of carbonyl (C=O) groups is 9. The Balaban J connectivity index is 0.000000669. The normalized spacial score (nSPS) is 14.7. The fraction of sp³-hybridized carbons (Fsp3) is 0.667. The van der Waals surface area contributed by atoms with Crippen molar-refractivity contribution in [2.45, 2.75) is 283 Å². The van der Waals surface area contributed by atoms with Gasteiger partial charge in [0.15, 0.2) is 12.2 Å². The molecule has 0 aromatic carbocycles. The van der Waals surface area contributed by atoms with Gasteiger partial charge in [0, 0.05) is 77.5 Å². The first-order valence-corrected chi connectivity index (χ1v) is 41.0. The molecular weight excluding hydrogens is 1500 g/mol. The van der Waals surface area contributed by atoms with Crippen molar-refractivity contribution in [3.8, 4) is 5.88 Å². The third kappa shape index (κ3) is 53.8. The number of amides is 9. The molecule has 3 fully saturated rings. The zero-order chi connectivity index (χ0) is 87.8. The van der Waals surface area contributed by atoms with Crippen LogP contribution in [0, 0.1) is 53.9 Å². The fourth-order valence-electron chi connectivity index (χ4n) is 10.3. The molecule has 2 aliphatic heterocycles. The molecule has 5 aromatic heterocycles. The minimum atomic E-state index is -0.766. The van der Waals surface area contributed by atoms with E-state index in [1.807, 2.05) is 0 Å². The van der Waals surface area contributed by atoms with Crippen molar-refractivity contribution in [2.75, 3.05) is 49.2 Å². The predicted molar refractivity (Wildman–Crippen MR) is 448 cm³/mol. The van der Waals surface area contributed by atoms with Gasteiger partial charge in [0.05, 0.1) is 80.9 Å². The number of hydrogen-bond donors (Lipinski definition) is 10. The van der Waals surface area contributed by atoms with Gasteiger partial charge >= 0.3 is 5.95 Å². The lowest BCUT2D eigenvalue weighted by Crippen LogP contribution is -2.47. The predicted octanol–water partition coefficient (Wildman–Crippen LogP) is 11.9. The zero-order valence-corrected chi connectivity index (χ0v) is 72.5. The molecule has 0 spiro atoms. The lowest BCUT2D eigenvalue weighted by Gasteiger charge is -2.36. The summed E-state index contributed by atoms with van der Waals surface area (Å²) in [6.07, 6.45) is 30.7. The van der Waals surface area contributed by atoms with Gasteiger partial charge in [-0.3, -0.25) is 48.1 Å². The lowest BCUT2D eigenvalue weighted by molar-refractivity contribution is -0.137. The van der Waals surface area contributed by atoms with Crippen LogP contribution in [-0.4, -0.2) is 175 Å². The Hall–Kier alpha value is -9.94. The Morgan fingerprint density at radius 2 is 0.983 bits per heavy atom. The number of nitrogens with two attached hydrogens (primary N) is 1. The van der Waals surface area contributed by atoms with Crippen molar-refractivity contribution in [1.82, 2.24) is 65.6 Å². The van der Waals surface area contributed by atoms with E-state index in [-0.39, 0.29) is 78.2 Å². The third-order valence-corrected chi connectivity index (χ3v) is 17.8. The van der Waals surface area contributed by atoms with Gasteiger partial charge in [-0.2, -0.15) is 15.0 Å². The van der Waals surface area contributed by atoms with E-state index in [2.05, 4.69) is 187 Å². The van der Waals surface area contributed by atoms with E-state index in [0.717, 1.165) is 83.5 Å². The molecule has 7 heterocycles. The molecule has 8 rings (SSSR count). The average molecular weight is 1640 g/mol. The van der Waals surface area contributed by atoms with Gasteiger partial charge in [-0.15, -0.1) is 6.57 Å². The average Bonchev–Trinajstić information content (AvgIpc) is 1.56. The largest absolute Gasteiger partial charge is 0.480 e. The lowest BCUT2D eigenvalue weighted by atomic mass is 9.80. The van der Waals surface area contributed by atoms with Gasteiger partial charge in [0.25, 0.3) is 0 Å². The highest BCUT2D eigenvalue weighted by Crippen LogP contribution is 2.31. The summed E-state index contributed by atoms with van der Waals surface area (Å²) < 4.78 is 14.9. The SMILES string of the molecule is CC(C)CCC(=O)N1CC(O)C(O)C1.CC(C)CCC(=O)N1CCCC1C(N)=O.CC(C)CCC(=O)NCC1(O)CCC1.CC(C)CCC(=O)NCc1cnco1.CC(C)CCC(=O)NCc1ncco1.CC(C)CCC(=O)Nc1cncnc1.COc1cncc(NC(=O)CCC(C)C)n1.[C-]#[N+]c1ncc(NC(=O)CCC(C)C)cn1. The second-order valence-electron chi connectivity index (χ2n) is 32.4. The summed E-state index contributed by atoms with van der Waals surface area (Å²) in [5, 5.41) is 44.6. The van der Waals surface area contributed by atoms with E-state index >= 15 is 0 Å². The van der Waals surface area contributed by atoms with Gasteiger partial charge in [-0.1, -0.05) is 111 Å². The molecule has 3 atom stereocenters. The summed E-state index contributed by atoms with van der Waals surface area (Å²) in [5.41, 5.74) is 5.84. The van der Waals surface area contributed by atoms with E-state index in [4.69, 9.17) is 25.9 Å². The molecule has 9 amide bonds. The molecule has 33 heteroatoms. The highest BCUT2D eigenvalue weighted by molar-refractivity contribution is 5.91. The van der Waals surface area contributed by atoms with Crippen molar-refractivity contribution in [3.63, 3.8) is 0 Å². The zero-order valence-electron chi connectivity index (χ0n) is 72.5. The molecule has 654 valence electrons. The fourth-order valence-corrected chi connectivity index (χ4v) is 10.3. The number of aromatic nitrogens is 8. The number of β-amino-alcohol motifs (C(OH)–C–C–N with tert-alkyl or cyclic N) is 2. The summed E-state index contributed by atoms with van der Waals surface area (Å²) >= 11 is 0. The molecule has 33 nitrogen and oxygen atoms in total. The van der Waals surface area contributed by atoms with E-state index in [1.165, 1.54) is 55.8 Å². The highest BCUT2D eigenvalue weighted by atomic mass is 16.5. The molecule has 3 unspecified atom stereocenters. The van der Waals surface area contributed by atoms with Gasteiger partial charge < -0.3 is 81.2 Å². The number of aliphatic hydroxyl groups excluding tert-OH is 2. The van der Waals surface area contributed by atoms with Crippen LogP contribution in [0.5, 0.6) is 5.88 Å². The number of rotatable bonds is 35. The van der Waals surface area contributed by atoms with Gasteiger partial charge in [-0.25, -0.2) is 19.9 Å². The van der Waals surface area contributed by atoms with Crippen molar-refractivity contribution in [1.29, 1.82) is 0 Å². The van der Waals surface area contributed by atoms with Crippen LogP contribution in [0.15, 0.2) is 77.4 Å². The van der Waals surface area contributed by atoms with Gasteiger partial charge in [0.2, 0.25) is 64.9 Å². The van der Waals surface area contributed by atoms with Crippen LogP contribution in [0.4, 0.5) is 23.1 Å². The molecule has 0 bridgehead atoms. The number of nitrogens with zero attached hydrogens (tertiary/aromatic N) is 11. The van der Waals surface area contributed by atoms with E-state index in [1.54, 1.807) is 29.7 Å². The van der Waals surface area contributed by atoms with Crippen molar-refractivity contribution >= 4 is 76.3 Å². The molecule has 117 heavy (non-hydrogen) atoms. The van der Waals surface area contributed by atoms with E-state index in [0.29, 0.717) is 160 Å². The van der Waals surface area contributed by atoms with E-state index < -0.39 is 17.8 Å². The molecular formula is C84H138N18O15. The molecule has 1 saturated carbocycles. The summed E-state index contributed by atoms with van der Waals surface area (Å²) in [4.78, 5) is 140. The van der Waals surface area contributed by atoms with Crippen molar-refractivity contribution < 1.29 is 72.0 Å². The number of aliphatic hydroxyl groups is 3. The molecule has 11 N–H and O–H groups in total. The van der Waals surface area contributed by atoms with Crippen LogP contribution in [0.3, 0.4) is 0 Å². The number of ether oxygens (including phenoxy) is 1. The highest BCUT2D eigenvalue weighted by Gasteiger charge is 2.35. The monoisotopic (exact) mass is 1640 g/mol. The first kappa shape index (κ1) is 105. The number of likely N-dealkylation sites (tertiary alicyclic amines) is 2. The summed E-state index contributed by atoms with van der Waals surface area (Å²) in [5.74, 6) is 6.26. The van der Waals surface area contributed by atoms with Crippen LogP contribution < -0.4 is 42.4 Å². The summed E-state index contributed by atoms with van der Waals surface area (Å²) in [6, 6.07) is -0.357. The van der Waals surface area contributed by atoms with Crippen LogP contribution in [0.25, 0.3) is 4.85 Å². The number of nitrogens with one attached hydrogen (secondary N) is 6. The summed E-state index contributed by atoms with van der Waals surface area (Å²) in [7, 11) is 1.51. The third-order valence-electron chi connectivity index (χ3n) is 17.8. The smallest absolute Gasteiger partial charge is 0.371 e. The molecule has 5 aromatic rings. The Morgan fingerprint density at radius 1 is 0.538 bits per heavy atom. The van der Waals surface area contributed by atoms with Crippen molar-refractivity contribution in [2.24, 2.45) is 53.1 Å². The number of methoxy groups -OCH3 is 1. The standard InChI is InChI=1S/C11H14N4O.C11H17N3O2.C11H20N2O2.C11H21NO2.C10H15N3O.2C10H16N2O2.C10H19NO3/c1-8(2)4-5-10(16)15-9-6-13-11(12-3)14-7-9;1-8(2)4-5-10(15)13-9-6-12-7-11(14-9)16-3;1-8(2)5-6-10(14)13-7-3-4-9(13)11(12)15;1-9(2)4-5-10(13)12-8-11(14)6-3-7-11;1-8(2)3-4-10(14)13-9-5-11-7-12-6-9;1-8(2)3-4-10(13)12-6-9-5-11-7-14-9;1-8(2)3-4-9(13)12-7-10-11-5-6-14-10;1-7(2)3-4-10(14)11-5-8(12)9(13)6-11/h6-8H,4-5H2,1-2H3,(H,15,16);6-8H,4-5H2,1-3H3,(H,13,14,15);8-9H,3-7H2,1-2H3,(H2,12,15);9,14H,3-8H2,1-2H3,(H,12,13);5-8H,3-4H2,1-2H3,(H,13,14);5,7-8H,3-4,6H2,1-2H3,(H,12,13);5-6,8H,3-4,7H2,1-2H3,(H,12,13);7-9,12-13H,3-6H2,1-2H3. The first-order valence-electron chi connectivity index (χ1n) is 41.0. The minimum Gasteiger partial charge on any atom is -0.480 e. The Morgan fingerprint density at radius 3 is 1.40 bits per heavy atom. The van der Waals surface area contributed by atoms with Crippen molar-refractivity contribution in [3.05, 3.63) is 91.6 Å². The molecule has 3 aliphatic rings. The first-order chi connectivity index (χ1) is 55.3. The number of hydrogen-bond acceptors (Lipinski definition) is 23.